The Kier molecular flexibility index (Phi) is 5.04. The number of hydrogen-bond acceptors (Lipinski definition) is 6. The molecule has 1 unspecified atom stereocenters. The minimum absolute atomic E-state index is 0.0561. The summed E-state index contributed by atoms with van der Waals surface area (Å²) in [7, 11) is 0. The lowest BCUT2D eigenvalue weighted by Crippen LogP contribution is -2.47. The van der Waals surface area contributed by atoms with E-state index in [-0.39, 0.29) is 17.9 Å². The Morgan fingerprint density at radius 1 is 1.36 bits per heavy atom. The van der Waals surface area contributed by atoms with E-state index in [4.69, 9.17) is 9.26 Å². The van der Waals surface area contributed by atoms with E-state index < -0.39 is 0 Å². The molecular weight excluding hydrogens is 284 g/mol. The highest BCUT2D eigenvalue weighted by Crippen LogP contribution is 2.19. The van der Waals surface area contributed by atoms with E-state index in [0.717, 1.165) is 52.0 Å². The highest BCUT2D eigenvalue weighted by atomic mass is 16.5. The number of nitrogens with one attached hydrogen (secondary N) is 1. The molecule has 1 amide bonds. The van der Waals surface area contributed by atoms with Gasteiger partial charge in [0, 0.05) is 25.8 Å². The molecule has 1 N–H and O–H groups in total. The number of aromatic nitrogens is 2. The van der Waals surface area contributed by atoms with E-state index in [1.165, 1.54) is 0 Å². The summed E-state index contributed by atoms with van der Waals surface area (Å²) in [5.74, 6) is 1.52. The van der Waals surface area contributed by atoms with Gasteiger partial charge in [-0.25, -0.2) is 0 Å². The van der Waals surface area contributed by atoms with E-state index in [9.17, 15) is 4.79 Å². The van der Waals surface area contributed by atoms with Crippen LogP contribution in [0.1, 0.15) is 37.4 Å². The summed E-state index contributed by atoms with van der Waals surface area (Å²) in [6.45, 7) is 5.67. The highest BCUT2D eigenvalue weighted by Gasteiger charge is 2.28. The summed E-state index contributed by atoms with van der Waals surface area (Å²) in [5.41, 5.74) is 0. The van der Waals surface area contributed by atoms with Gasteiger partial charge in [-0.2, -0.15) is 4.98 Å². The van der Waals surface area contributed by atoms with Gasteiger partial charge in [-0.05, 0) is 39.2 Å². The van der Waals surface area contributed by atoms with Gasteiger partial charge in [0.15, 0.2) is 5.82 Å². The van der Waals surface area contributed by atoms with E-state index >= 15 is 0 Å². The summed E-state index contributed by atoms with van der Waals surface area (Å²) >= 11 is 0. The van der Waals surface area contributed by atoms with E-state index in [1.807, 2.05) is 6.92 Å². The minimum Gasteiger partial charge on any atom is -0.381 e. The second kappa shape index (κ2) is 7.19. The Labute approximate surface area is 130 Å². The van der Waals surface area contributed by atoms with Crippen LogP contribution in [0, 0.1) is 12.8 Å². The molecule has 7 nitrogen and oxygen atoms in total. The molecule has 0 bridgehead atoms. The number of piperidine rings is 1. The van der Waals surface area contributed by atoms with Crippen LogP contribution in [0.15, 0.2) is 4.52 Å². The van der Waals surface area contributed by atoms with Crippen LogP contribution in [0.2, 0.25) is 0 Å². The van der Waals surface area contributed by atoms with Gasteiger partial charge in [-0.3, -0.25) is 9.69 Å². The van der Waals surface area contributed by atoms with Crippen molar-refractivity contribution in [3.05, 3.63) is 11.7 Å². The van der Waals surface area contributed by atoms with Crippen molar-refractivity contribution in [2.45, 2.75) is 45.2 Å². The zero-order valence-electron chi connectivity index (χ0n) is 13.1. The van der Waals surface area contributed by atoms with Gasteiger partial charge < -0.3 is 14.6 Å². The van der Waals surface area contributed by atoms with Crippen molar-refractivity contribution in [2.75, 3.05) is 26.3 Å². The lowest BCUT2D eigenvalue weighted by Gasteiger charge is -2.32. The van der Waals surface area contributed by atoms with Gasteiger partial charge in [0.1, 0.15) is 0 Å². The fraction of sp³-hybridized carbons (Fsp3) is 0.800. The smallest absolute Gasteiger partial charge is 0.240 e. The van der Waals surface area contributed by atoms with Crippen LogP contribution in [-0.4, -0.2) is 53.3 Å². The zero-order chi connectivity index (χ0) is 15.4. The number of rotatable bonds is 4. The predicted octanol–water partition coefficient (Wildman–Crippen LogP) is 0.885. The Bertz CT molecular complexity index is 499. The van der Waals surface area contributed by atoms with E-state index in [0.29, 0.717) is 18.3 Å². The molecule has 0 radical (unpaired) electrons. The van der Waals surface area contributed by atoms with Crippen molar-refractivity contribution in [2.24, 2.45) is 5.92 Å². The second-order valence-electron chi connectivity index (χ2n) is 6.20. The molecule has 2 saturated heterocycles. The maximum atomic E-state index is 12.4. The summed E-state index contributed by atoms with van der Waals surface area (Å²) < 4.78 is 10.5. The molecule has 3 heterocycles. The Hall–Kier alpha value is -1.47. The lowest BCUT2D eigenvalue weighted by molar-refractivity contribution is -0.128. The van der Waals surface area contributed by atoms with Crippen LogP contribution in [0.4, 0.5) is 0 Å². The van der Waals surface area contributed by atoms with Crippen LogP contribution in [0.25, 0.3) is 0 Å². The van der Waals surface area contributed by atoms with Gasteiger partial charge in [-0.1, -0.05) is 5.16 Å². The highest BCUT2D eigenvalue weighted by molar-refractivity contribution is 5.79. The molecule has 122 valence electrons. The van der Waals surface area contributed by atoms with E-state index in [1.54, 1.807) is 0 Å². The van der Waals surface area contributed by atoms with Crippen LogP contribution in [-0.2, 0) is 16.1 Å². The first kappa shape index (κ1) is 15.4. The fourth-order valence-electron chi connectivity index (χ4n) is 3.17. The Morgan fingerprint density at radius 2 is 2.18 bits per heavy atom. The Morgan fingerprint density at radius 3 is 2.91 bits per heavy atom. The van der Waals surface area contributed by atoms with Crippen LogP contribution >= 0.6 is 0 Å². The average molecular weight is 308 g/mol. The molecule has 7 heteroatoms. The van der Waals surface area contributed by atoms with Crippen molar-refractivity contribution in [3.63, 3.8) is 0 Å². The van der Waals surface area contributed by atoms with Gasteiger partial charge in [-0.15, -0.1) is 0 Å². The summed E-state index contributed by atoms with van der Waals surface area (Å²) in [6, 6.07) is 0.273. The van der Waals surface area contributed by atoms with Gasteiger partial charge in [0.2, 0.25) is 11.8 Å². The molecule has 3 rings (SSSR count). The molecule has 0 aliphatic carbocycles. The van der Waals surface area contributed by atoms with Crippen molar-refractivity contribution >= 4 is 5.91 Å². The number of amides is 1. The number of carbonyl (C=O) groups excluding carboxylic acids is 1. The lowest BCUT2D eigenvalue weighted by atomic mass is 9.96. The number of hydrogen-bond donors (Lipinski definition) is 1. The molecule has 1 aromatic rings. The van der Waals surface area contributed by atoms with Gasteiger partial charge in [0.05, 0.1) is 12.5 Å². The first-order valence-corrected chi connectivity index (χ1v) is 8.10. The molecule has 2 aliphatic heterocycles. The summed E-state index contributed by atoms with van der Waals surface area (Å²) in [4.78, 5) is 18.9. The quantitative estimate of drug-likeness (QED) is 0.889. The first-order chi connectivity index (χ1) is 10.7. The molecule has 1 aromatic heterocycles. The second-order valence-corrected chi connectivity index (χ2v) is 6.20. The average Bonchev–Trinajstić information content (AvgIpc) is 2.93. The SMILES string of the molecule is Cc1noc(CN2CCCC(C(=O)NC3CCOCC3)C2)n1. The number of nitrogens with zero attached hydrogens (tertiary/aromatic N) is 3. The number of likely N-dealkylation sites (tertiary alicyclic amines) is 1. The zero-order valence-corrected chi connectivity index (χ0v) is 13.1. The standard InChI is InChI=1S/C15H24N4O3/c1-11-16-14(22-18-11)10-19-6-2-3-12(9-19)15(20)17-13-4-7-21-8-5-13/h12-13H,2-10H2,1H3,(H,17,20). The van der Waals surface area contributed by atoms with Crippen molar-refractivity contribution in [1.29, 1.82) is 0 Å². The molecule has 2 fully saturated rings. The maximum Gasteiger partial charge on any atom is 0.240 e. The first-order valence-electron chi connectivity index (χ1n) is 8.10. The van der Waals surface area contributed by atoms with Crippen molar-refractivity contribution < 1.29 is 14.1 Å². The molecular formula is C15H24N4O3. The molecule has 1 atom stereocenters. The third kappa shape index (κ3) is 4.04. The van der Waals surface area contributed by atoms with Crippen molar-refractivity contribution in [1.82, 2.24) is 20.4 Å². The third-order valence-corrected chi connectivity index (χ3v) is 4.37. The van der Waals surface area contributed by atoms with Gasteiger partial charge >= 0.3 is 0 Å². The van der Waals surface area contributed by atoms with Crippen molar-refractivity contribution in [3.8, 4) is 0 Å². The largest absolute Gasteiger partial charge is 0.381 e. The van der Waals surface area contributed by atoms with Crippen LogP contribution in [0.3, 0.4) is 0 Å². The third-order valence-electron chi connectivity index (χ3n) is 4.37. The van der Waals surface area contributed by atoms with Crippen LogP contribution < -0.4 is 5.32 Å². The van der Waals surface area contributed by atoms with Crippen LogP contribution in [0.5, 0.6) is 0 Å². The summed E-state index contributed by atoms with van der Waals surface area (Å²) in [6.07, 6.45) is 3.82. The number of ether oxygens (including phenoxy) is 1. The normalized spacial score (nSPS) is 24.3. The summed E-state index contributed by atoms with van der Waals surface area (Å²) in [5, 5.41) is 6.99. The molecule has 0 aromatic carbocycles. The van der Waals surface area contributed by atoms with Gasteiger partial charge in [0.25, 0.3) is 0 Å². The Balaban J connectivity index is 1.49. The fourth-order valence-corrected chi connectivity index (χ4v) is 3.17. The van der Waals surface area contributed by atoms with E-state index in [2.05, 4.69) is 20.4 Å². The monoisotopic (exact) mass is 308 g/mol. The predicted molar refractivity (Wildman–Crippen MR) is 79.0 cm³/mol. The topological polar surface area (TPSA) is 80.5 Å². The number of aryl methyl sites for hydroxylation is 1. The minimum atomic E-state index is 0.0561. The maximum absolute atomic E-state index is 12.4. The molecule has 0 spiro atoms. The molecule has 22 heavy (non-hydrogen) atoms. The number of carbonyl (C=O) groups is 1. The molecule has 2 aliphatic rings. The molecule has 0 saturated carbocycles.